The second kappa shape index (κ2) is 9.47. The molecule has 172 valence electrons. The molecular formula is C21H25N3O6S2. The molecule has 2 aliphatic rings. The van der Waals surface area contributed by atoms with Crippen LogP contribution in [0.3, 0.4) is 0 Å². The molecule has 2 aromatic rings. The van der Waals surface area contributed by atoms with Crippen LogP contribution in [0.15, 0.2) is 36.4 Å². The Labute approximate surface area is 191 Å². The maximum Gasteiger partial charge on any atom is 0.267 e. The van der Waals surface area contributed by atoms with Gasteiger partial charge in [0.15, 0.2) is 11.5 Å². The first-order chi connectivity index (χ1) is 15.3. The maximum atomic E-state index is 12.9. The summed E-state index contributed by atoms with van der Waals surface area (Å²) >= 11 is 1.37. The molecule has 1 unspecified atom stereocenters. The molecule has 0 saturated carbocycles. The van der Waals surface area contributed by atoms with Gasteiger partial charge in [0.05, 0.1) is 11.1 Å². The fraction of sp³-hybridized carbons (Fsp3) is 0.429. The Morgan fingerprint density at radius 2 is 1.75 bits per heavy atom. The van der Waals surface area contributed by atoms with Crippen LogP contribution in [0.25, 0.3) is 0 Å². The minimum absolute atomic E-state index is 0.0735. The zero-order chi connectivity index (χ0) is 22.7. The largest absolute Gasteiger partial charge is 0.485 e. The van der Waals surface area contributed by atoms with Gasteiger partial charge in [-0.2, -0.15) is 0 Å². The van der Waals surface area contributed by atoms with E-state index in [1.54, 1.807) is 28.0 Å². The van der Waals surface area contributed by atoms with Crippen molar-refractivity contribution in [2.75, 3.05) is 45.6 Å². The lowest BCUT2D eigenvalue weighted by Crippen LogP contribution is -2.55. The van der Waals surface area contributed by atoms with Crippen LogP contribution < -0.4 is 14.2 Å². The number of rotatable bonds is 6. The van der Waals surface area contributed by atoms with Crippen LogP contribution in [0.5, 0.6) is 11.5 Å². The molecule has 0 bridgehead atoms. The molecule has 11 heteroatoms. The Morgan fingerprint density at radius 3 is 2.47 bits per heavy atom. The Bertz CT molecular complexity index is 1090. The van der Waals surface area contributed by atoms with Crippen LogP contribution in [0.4, 0.5) is 0 Å². The van der Waals surface area contributed by atoms with Crippen molar-refractivity contribution in [2.24, 2.45) is 0 Å². The van der Waals surface area contributed by atoms with Gasteiger partial charge in [-0.3, -0.25) is 9.59 Å². The smallest absolute Gasteiger partial charge is 0.267 e. The van der Waals surface area contributed by atoms with E-state index in [0.29, 0.717) is 55.5 Å². The number of hydrogen-bond acceptors (Lipinski definition) is 7. The van der Waals surface area contributed by atoms with Gasteiger partial charge in [-0.25, -0.2) is 13.1 Å². The number of nitrogens with one attached hydrogen (secondary N) is 1. The highest BCUT2D eigenvalue weighted by atomic mass is 32.2. The van der Waals surface area contributed by atoms with Crippen LogP contribution >= 0.6 is 11.3 Å². The Hall–Kier alpha value is -2.63. The van der Waals surface area contributed by atoms with Gasteiger partial charge in [-0.1, -0.05) is 12.1 Å². The molecule has 32 heavy (non-hydrogen) atoms. The number of hydrogen-bond donors (Lipinski definition) is 1. The van der Waals surface area contributed by atoms with Crippen molar-refractivity contribution in [3.63, 3.8) is 0 Å². The van der Waals surface area contributed by atoms with Gasteiger partial charge in [0.1, 0.15) is 6.61 Å². The quantitative estimate of drug-likeness (QED) is 0.662. The summed E-state index contributed by atoms with van der Waals surface area (Å²) in [4.78, 5) is 30.7. The molecule has 1 aromatic carbocycles. The van der Waals surface area contributed by atoms with Crippen molar-refractivity contribution in [2.45, 2.75) is 12.5 Å². The predicted octanol–water partition coefficient (Wildman–Crippen LogP) is 0.964. The third-order valence-corrected chi connectivity index (χ3v) is 7.13. The number of nitrogens with zero attached hydrogens (tertiary/aromatic N) is 2. The van der Waals surface area contributed by atoms with E-state index in [2.05, 4.69) is 4.72 Å². The molecule has 9 nitrogen and oxygen atoms in total. The third-order valence-electron chi connectivity index (χ3n) is 5.27. The normalized spacial score (nSPS) is 18.5. The molecule has 1 N–H and O–H groups in total. The van der Waals surface area contributed by atoms with Crippen molar-refractivity contribution in [3.8, 4) is 11.5 Å². The van der Waals surface area contributed by atoms with Crippen LogP contribution in [-0.4, -0.2) is 81.7 Å². The van der Waals surface area contributed by atoms with Crippen molar-refractivity contribution < 1.29 is 27.5 Å². The lowest BCUT2D eigenvalue weighted by Gasteiger charge is -2.37. The van der Waals surface area contributed by atoms with Gasteiger partial charge < -0.3 is 19.3 Å². The zero-order valence-corrected chi connectivity index (χ0v) is 19.3. The lowest BCUT2D eigenvalue weighted by molar-refractivity contribution is -0.142. The summed E-state index contributed by atoms with van der Waals surface area (Å²) in [5, 5.41) is 0. The van der Waals surface area contributed by atoms with Crippen LogP contribution in [0.2, 0.25) is 0 Å². The highest BCUT2D eigenvalue weighted by Gasteiger charge is 2.33. The van der Waals surface area contributed by atoms with E-state index in [0.717, 1.165) is 11.1 Å². The Kier molecular flexibility index (Phi) is 6.68. The van der Waals surface area contributed by atoms with Crippen LogP contribution in [0, 0.1) is 0 Å². The molecule has 1 saturated heterocycles. The number of para-hydroxylation sites is 2. The number of thiophene rings is 1. The number of ether oxygens (including phenoxy) is 2. The standard InChI is InChI=1S/C21H25N3O6S2/c1-32(27,28)22-9-8-15-6-7-19(31-15)21(26)24-12-10-23(11-13-24)20(25)18-14-29-16-4-2-3-5-17(16)30-18/h2-7,18,22H,8-14H2,1H3. The zero-order valence-electron chi connectivity index (χ0n) is 17.7. The van der Waals surface area contributed by atoms with Crippen LogP contribution in [0.1, 0.15) is 14.5 Å². The highest BCUT2D eigenvalue weighted by molar-refractivity contribution is 7.88. The number of benzene rings is 1. The van der Waals surface area contributed by atoms with E-state index < -0.39 is 16.1 Å². The second-order valence-electron chi connectivity index (χ2n) is 7.66. The lowest BCUT2D eigenvalue weighted by atomic mass is 10.2. The Balaban J connectivity index is 1.27. The molecular weight excluding hydrogens is 454 g/mol. The maximum absolute atomic E-state index is 12.9. The van der Waals surface area contributed by atoms with Gasteiger partial charge >= 0.3 is 0 Å². The van der Waals surface area contributed by atoms with E-state index in [4.69, 9.17) is 9.47 Å². The van der Waals surface area contributed by atoms with E-state index >= 15 is 0 Å². The summed E-state index contributed by atoms with van der Waals surface area (Å²) in [6.07, 6.45) is 0.958. The second-order valence-corrected chi connectivity index (χ2v) is 10.7. The fourth-order valence-electron chi connectivity index (χ4n) is 3.62. The highest BCUT2D eigenvalue weighted by Crippen LogP contribution is 2.31. The number of fused-ring (bicyclic) bond motifs is 1. The minimum atomic E-state index is -3.23. The molecule has 0 aliphatic carbocycles. The summed E-state index contributed by atoms with van der Waals surface area (Å²) < 4.78 is 36.2. The van der Waals surface area contributed by atoms with E-state index in [9.17, 15) is 18.0 Å². The predicted molar refractivity (Wildman–Crippen MR) is 120 cm³/mol. The number of sulfonamides is 1. The molecule has 2 aliphatic heterocycles. The number of piperazine rings is 1. The number of carbonyl (C=O) groups excluding carboxylic acids is 2. The summed E-state index contributed by atoms with van der Waals surface area (Å²) in [5.41, 5.74) is 0. The molecule has 3 heterocycles. The van der Waals surface area contributed by atoms with Gasteiger partial charge in [-0.15, -0.1) is 11.3 Å². The number of carbonyl (C=O) groups is 2. The van der Waals surface area contributed by atoms with Crippen molar-refractivity contribution >= 4 is 33.2 Å². The topological polar surface area (TPSA) is 105 Å². The van der Waals surface area contributed by atoms with Gasteiger partial charge in [-0.05, 0) is 30.7 Å². The molecule has 1 fully saturated rings. The van der Waals surface area contributed by atoms with E-state index in [-0.39, 0.29) is 18.4 Å². The first-order valence-electron chi connectivity index (χ1n) is 10.3. The first kappa shape index (κ1) is 22.6. The molecule has 2 amide bonds. The van der Waals surface area contributed by atoms with Gasteiger partial charge in [0, 0.05) is 37.6 Å². The van der Waals surface area contributed by atoms with E-state index in [1.807, 2.05) is 18.2 Å². The van der Waals surface area contributed by atoms with Crippen molar-refractivity contribution in [3.05, 3.63) is 46.2 Å². The molecule has 1 atom stereocenters. The average molecular weight is 480 g/mol. The fourth-order valence-corrected chi connectivity index (χ4v) is 5.07. The number of amides is 2. The van der Waals surface area contributed by atoms with Gasteiger partial charge in [0.2, 0.25) is 16.1 Å². The summed E-state index contributed by atoms with van der Waals surface area (Å²) in [7, 11) is -3.23. The van der Waals surface area contributed by atoms with E-state index in [1.165, 1.54) is 11.3 Å². The summed E-state index contributed by atoms with van der Waals surface area (Å²) in [5.74, 6) is 0.986. The first-order valence-corrected chi connectivity index (χ1v) is 13.0. The van der Waals surface area contributed by atoms with Gasteiger partial charge in [0.25, 0.3) is 11.8 Å². The van der Waals surface area contributed by atoms with Crippen molar-refractivity contribution in [1.29, 1.82) is 0 Å². The SMILES string of the molecule is CS(=O)(=O)NCCc1ccc(C(=O)N2CCN(C(=O)C3COc4ccccc4O3)CC2)s1. The third kappa shape index (κ3) is 5.40. The van der Waals surface area contributed by atoms with Crippen molar-refractivity contribution in [1.82, 2.24) is 14.5 Å². The monoisotopic (exact) mass is 479 g/mol. The van der Waals surface area contributed by atoms with Crippen LogP contribution in [-0.2, 0) is 21.2 Å². The molecule has 0 radical (unpaired) electrons. The summed E-state index contributed by atoms with van der Waals surface area (Å²) in [6.45, 7) is 2.22. The summed E-state index contributed by atoms with van der Waals surface area (Å²) in [6, 6.07) is 10.9. The molecule has 0 spiro atoms. The molecule has 1 aromatic heterocycles. The minimum Gasteiger partial charge on any atom is -0.485 e. The average Bonchev–Trinajstić information content (AvgIpc) is 3.26. The molecule has 4 rings (SSSR count). The Morgan fingerprint density at radius 1 is 1.06 bits per heavy atom.